The van der Waals surface area contributed by atoms with Gasteiger partial charge in [-0.25, -0.2) is 0 Å². The van der Waals surface area contributed by atoms with Crippen LogP contribution in [0, 0.1) is 11.8 Å². The Morgan fingerprint density at radius 1 is 1.35 bits per heavy atom. The van der Waals surface area contributed by atoms with Gasteiger partial charge in [0.05, 0.1) is 6.10 Å². The van der Waals surface area contributed by atoms with E-state index in [1.54, 1.807) is 0 Å². The molecular formula is C15H28O2. The predicted molar refractivity (Wildman–Crippen MR) is 71.1 cm³/mol. The first kappa shape index (κ1) is 14.7. The van der Waals surface area contributed by atoms with Gasteiger partial charge in [0, 0.05) is 18.9 Å². The zero-order valence-corrected chi connectivity index (χ0v) is 11.7. The zero-order chi connectivity index (χ0) is 12.7. The van der Waals surface area contributed by atoms with Gasteiger partial charge in [-0.05, 0) is 18.8 Å². The Morgan fingerprint density at radius 3 is 2.71 bits per heavy atom. The molecule has 1 saturated heterocycles. The maximum Gasteiger partial charge on any atom is 0.138 e. The number of Topliss-reactive ketones (excluding diaryl/α,β-unsaturated/α-hetero) is 1. The van der Waals surface area contributed by atoms with Gasteiger partial charge >= 0.3 is 0 Å². The lowest BCUT2D eigenvalue weighted by Crippen LogP contribution is -2.25. The lowest BCUT2D eigenvalue weighted by molar-refractivity contribution is -0.125. The van der Waals surface area contributed by atoms with Gasteiger partial charge in [0.2, 0.25) is 0 Å². The second-order valence-electron chi connectivity index (χ2n) is 5.30. The molecule has 17 heavy (non-hydrogen) atoms. The largest absolute Gasteiger partial charge is 0.377 e. The van der Waals surface area contributed by atoms with E-state index in [1.165, 1.54) is 19.3 Å². The molecule has 0 spiro atoms. The van der Waals surface area contributed by atoms with Crippen LogP contribution in [0.15, 0.2) is 0 Å². The molecule has 1 heterocycles. The maximum atomic E-state index is 12.3. The fourth-order valence-corrected chi connectivity index (χ4v) is 2.80. The molecule has 2 heteroatoms. The molecule has 0 radical (unpaired) electrons. The summed E-state index contributed by atoms with van der Waals surface area (Å²) in [5, 5.41) is 0. The highest BCUT2D eigenvalue weighted by atomic mass is 16.5. The Bertz CT molecular complexity index is 225. The minimum Gasteiger partial charge on any atom is -0.377 e. The molecule has 0 bridgehead atoms. The van der Waals surface area contributed by atoms with Crippen molar-refractivity contribution in [3.63, 3.8) is 0 Å². The third-order valence-corrected chi connectivity index (χ3v) is 4.06. The number of ketones is 1. The van der Waals surface area contributed by atoms with Crippen LogP contribution in [-0.2, 0) is 9.53 Å². The van der Waals surface area contributed by atoms with E-state index in [-0.39, 0.29) is 12.0 Å². The molecule has 1 aliphatic heterocycles. The van der Waals surface area contributed by atoms with Gasteiger partial charge < -0.3 is 4.74 Å². The predicted octanol–water partition coefficient (Wildman–Crippen LogP) is 3.98. The van der Waals surface area contributed by atoms with Crippen molar-refractivity contribution in [2.75, 3.05) is 6.61 Å². The smallest absolute Gasteiger partial charge is 0.138 e. The van der Waals surface area contributed by atoms with Crippen molar-refractivity contribution in [2.24, 2.45) is 11.8 Å². The molecule has 1 aliphatic rings. The van der Waals surface area contributed by atoms with E-state index in [0.29, 0.717) is 11.7 Å². The van der Waals surface area contributed by atoms with Crippen LogP contribution in [0.1, 0.15) is 65.7 Å². The summed E-state index contributed by atoms with van der Waals surface area (Å²) in [6.07, 6.45) is 7.73. The van der Waals surface area contributed by atoms with Crippen LogP contribution in [0.5, 0.6) is 0 Å². The first-order valence-corrected chi connectivity index (χ1v) is 7.37. The van der Waals surface area contributed by atoms with Crippen molar-refractivity contribution in [3.8, 4) is 0 Å². The molecular weight excluding hydrogens is 212 g/mol. The maximum absolute atomic E-state index is 12.3. The Kier molecular flexibility index (Phi) is 6.79. The summed E-state index contributed by atoms with van der Waals surface area (Å²) in [4.78, 5) is 12.3. The summed E-state index contributed by atoms with van der Waals surface area (Å²) in [7, 11) is 0. The number of unbranched alkanes of at least 4 members (excludes halogenated alkanes) is 1. The van der Waals surface area contributed by atoms with E-state index in [1.807, 2.05) is 0 Å². The van der Waals surface area contributed by atoms with Gasteiger partial charge in [0.1, 0.15) is 5.78 Å². The van der Waals surface area contributed by atoms with Gasteiger partial charge in [-0.2, -0.15) is 0 Å². The molecule has 3 unspecified atom stereocenters. The lowest BCUT2D eigenvalue weighted by atomic mass is 9.86. The topological polar surface area (TPSA) is 26.3 Å². The summed E-state index contributed by atoms with van der Waals surface area (Å²) in [6, 6.07) is 0. The van der Waals surface area contributed by atoms with Crippen LogP contribution in [0.2, 0.25) is 0 Å². The van der Waals surface area contributed by atoms with E-state index >= 15 is 0 Å². The summed E-state index contributed by atoms with van der Waals surface area (Å²) >= 11 is 0. The van der Waals surface area contributed by atoms with E-state index in [2.05, 4.69) is 20.8 Å². The molecule has 100 valence electrons. The van der Waals surface area contributed by atoms with Gasteiger partial charge in [0.25, 0.3) is 0 Å². The Labute approximate surface area is 106 Å². The van der Waals surface area contributed by atoms with E-state index in [0.717, 1.165) is 32.3 Å². The van der Waals surface area contributed by atoms with E-state index in [4.69, 9.17) is 4.74 Å². The number of carbonyl (C=O) groups is 1. The summed E-state index contributed by atoms with van der Waals surface area (Å²) in [5.41, 5.74) is 0. The van der Waals surface area contributed by atoms with Crippen molar-refractivity contribution in [1.29, 1.82) is 0 Å². The molecule has 0 aromatic heterocycles. The second kappa shape index (κ2) is 7.86. The van der Waals surface area contributed by atoms with Crippen LogP contribution in [-0.4, -0.2) is 18.5 Å². The van der Waals surface area contributed by atoms with Crippen molar-refractivity contribution < 1.29 is 9.53 Å². The molecule has 0 saturated carbocycles. The van der Waals surface area contributed by atoms with Crippen LogP contribution < -0.4 is 0 Å². The highest BCUT2D eigenvalue weighted by molar-refractivity contribution is 5.82. The highest BCUT2D eigenvalue weighted by Gasteiger charge is 2.33. The fourth-order valence-electron chi connectivity index (χ4n) is 2.80. The summed E-state index contributed by atoms with van der Waals surface area (Å²) in [6.45, 7) is 7.31. The second-order valence-corrected chi connectivity index (χ2v) is 5.30. The van der Waals surface area contributed by atoms with Gasteiger partial charge in [-0.1, -0.05) is 46.5 Å². The van der Waals surface area contributed by atoms with Crippen LogP contribution >= 0.6 is 0 Å². The zero-order valence-electron chi connectivity index (χ0n) is 11.7. The lowest BCUT2D eigenvalue weighted by Gasteiger charge is -2.19. The minimum atomic E-state index is 0.190. The van der Waals surface area contributed by atoms with Crippen molar-refractivity contribution in [3.05, 3.63) is 0 Å². The average molecular weight is 240 g/mol. The third kappa shape index (κ3) is 4.42. The quantitative estimate of drug-likeness (QED) is 0.641. The first-order valence-electron chi connectivity index (χ1n) is 7.37. The number of carbonyl (C=O) groups excluding carboxylic acids is 1. The molecule has 0 amide bonds. The summed E-state index contributed by atoms with van der Waals surface area (Å²) in [5.74, 6) is 1.24. The monoisotopic (exact) mass is 240 g/mol. The van der Waals surface area contributed by atoms with Gasteiger partial charge in [-0.15, -0.1) is 0 Å². The van der Waals surface area contributed by atoms with Gasteiger partial charge in [-0.3, -0.25) is 4.79 Å². The van der Waals surface area contributed by atoms with Crippen molar-refractivity contribution in [2.45, 2.75) is 71.8 Å². The molecule has 3 atom stereocenters. The van der Waals surface area contributed by atoms with E-state index in [9.17, 15) is 4.79 Å². The number of ether oxygens (including phenoxy) is 1. The molecule has 0 N–H and O–H groups in total. The standard InChI is InChI=1S/C15H28O2/c1-4-7-8-12(5-2)11-14(16)13-9-10-17-15(13)6-3/h12-13,15H,4-11H2,1-3H3. The van der Waals surface area contributed by atoms with E-state index < -0.39 is 0 Å². The van der Waals surface area contributed by atoms with Crippen LogP contribution in [0.25, 0.3) is 0 Å². The molecule has 0 aliphatic carbocycles. The van der Waals surface area contributed by atoms with Crippen LogP contribution in [0.4, 0.5) is 0 Å². The first-order chi connectivity index (χ1) is 8.22. The van der Waals surface area contributed by atoms with Crippen molar-refractivity contribution >= 4 is 5.78 Å². The average Bonchev–Trinajstić information content (AvgIpc) is 2.82. The number of rotatable bonds is 8. The molecule has 1 fully saturated rings. The normalized spacial score (nSPS) is 26.1. The number of hydrogen-bond donors (Lipinski definition) is 0. The molecule has 0 aromatic carbocycles. The van der Waals surface area contributed by atoms with Gasteiger partial charge in [0.15, 0.2) is 0 Å². The highest BCUT2D eigenvalue weighted by Crippen LogP contribution is 2.28. The third-order valence-electron chi connectivity index (χ3n) is 4.06. The molecule has 1 rings (SSSR count). The minimum absolute atomic E-state index is 0.190. The fraction of sp³-hybridized carbons (Fsp3) is 0.933. The van der Waals surface area contributed by atoms with Crippen LogP contribution in [0.3, 0.4) is 0 Å². The SMILES string of the molecule is CCCCC(CC)CC(=O)C1CCOC1CC. The Hall–Kier alpha value is -0.370. The van der Waals surface area contributed by atoms with Crippen molar-refractivity contribution in [1.82, 2.24) is 0 Å². The Balaban J connectivity index is 2.40. The molecule has 2 nitrogen and oxygen atoms in total. The Morgan fingerprint density at radius 2 is 2.12 bits per heavy atom. The summed E-state index contributed by atoms with van der Waals surface area (Å²) < 4.78 is 5.61. The number of hydrogen-bond acceptors (Lipinski definition) is 2. The molecule has 0 aromatic rings.